The third kappa shape index (κ3) is 4.89. The Labute approximate surface area is 164 Å². The SMILES string of the molecule is CN/C=C\c1cc(OC2CCC(c3ccc(F)cc3)CC2)c(Cl)cc1C=O. The molecule has 0 unspecified atom stereocenters. The first kappa shape index (κ1) is 19.4. The van der Waals surface area contributed by atoms with Crippen molar-refractivity contribution < 1.29 is 13.9 Å². The Hall–Kier alpha value is -2.33. The third-order valence-electron chi connectivity index (χ3n) is 5.00. The molecule has 0 aromatic heterocycles. The fraction of sp³-hybridized carbons (Fsp3) is 0.318. The Balaban J connectivity index is 1.67. The molecule has 2 aromatic carbocycles. The van der Waals surface area contributed by atoms with Crippen molar-refractivity contribution in [1.82, 2.24) is 5.32 Å². The number of ether oxygens (including phenoxy) is 1. The van der Waals surface area contributed by atoms with Gasteiger partial charge in [0.25, 0.3) is 0 Å². The standard InChI is InChI=1S/C22H23ClFNO2/c1-25-11-10-17-13-22(21(23)12-18(17)14-26)27-20-8-4-16(5-9-20)15-2-6-19(24)7-3-15/h2-3,6-7,10-14,16,20,25H,4-5,8-9H2,1H3/b11-10-. The van der Waals surface area contributed by atoms with Gasteiger partial charge in [-0.15, -0.1) is 0 Å². The first-order valence-corrected chi connectivity index (χ1v) is 9.53. The highest BCUT2D eigenvalue weighted by atomic mass is 35.5. The lowest BCUT2D eigenvalue weighted by molar-refractivity contribution is 0.112. The molecule has 1 N–H and O–H groups in total. The molecule has 0 spiro atoms. The quantitative estimate of drug-likeness (QED) is 0.657. The minimum atomic E-state index is -0.202. The van der Waals surface area contributed by atoms with Crippen molar-refractivity contribution in [1.29, 1.82) is 0 Å². The molecule has 2 aromatic rings. The highest BCUT2D eigenvalue weighted by molar-refractivity contribution is 6.32. The van der Waals surface area contributed by atoms with Crippen molar-refractivity contribution >= 4 is 24.0 Å². The van der Waals surface area contributed by atoms with Crippen LogP contribution in [0.15, 0.2) is 42.6 Å². The maximum Gasteiger partial charge on any atom is 0.150 e. The van der Waals surface area contributed by atoms with E-state index in [0.717, 1.165) is 37.5 Å². The second-order valence-corrected chi connectivity index (χ2v) is 7.20. The molecule has 0 amide bonds. The monoisotopic (exact) mass is 387 g/mol. The molecule has 3 nitrogen and oxygen atoms in total. The van der Waals surface area contributed by atoms with Crippen molar-refractivity contribution in [3.63, 3.8) is 0 Å². The van der Waals surface area contributed by atoms with Gasteiger partial charge in [0.1, 0.15) is 11.6 Å². The zero-order chi connectivity index (χ0) is 19.2. The Kier molecular flexibility index (Phi) is 6.51. The number of hydrogen-bond acceptors (Lipinski definition) is 3. The first-order chi connectivity index (χ1) is 13.1. The Bertz CT molecular complexity index is 812. The fourth-order valence-corrected chi connectivity index (χ4v) is 3.74. The highest BCUT2D eigenvalue weighted by Crippen LogP contribution is 2.36. The van der Waals surface area contributed by atoms with E-state index in [1.165, 1.54) is 17.7 Å². The first-order valence-electron chi connectivity index (χ1n) is 9.15. The molecule has 0 radical (unpaired) electrons. The van der Waals surface area contributed by atoms with Crippen LogP contribution in [0, 0.1) is 5.82 Å². The summed E-state index contributed by atoms with van der Waals surface area (Å²) in [6.45, 7) is 0. The molecular formula is C22H23ClFNO2. The summed E-state index contributed by atoms with van der Waals surface area (Å²) in [6.07, 6.45) is 8.26. The number of hydrogen-bond donors (Lipinski definition) is 1. The summed E-state index contributed by atoms with van der Waals surface area (Å²) < 4.78 is 19.2. The van der Waals surface area contributed by atoms with Crippen LogP contribution in [-0.4, -0.2) is 19.4 Å². The molecular weight excluding hydrogens is 365 g/mol. The summed E-state index contributed by atoms with van der Waals surface area (Å²) in [5.41, 5.74) is 2.47. The van der Waals surface area contributed by atoms with Gasteiger partial charge in [-0.2, -0.15) is 0 Å². The predicted molar refractivity (Wildman–Crippen MR) is 107 cm³/mol. The van der Waals surface area contributed by atoms with Gasteiger partial charge in [-0.05, 0) is 79.3 Å². The second kappa shape index (κ2) is 9.05. The van der Waals surface area contributed by atoms with E-state index in [1.807, 2.05) is 24.3 Å². The molecule has 3 rings (SSSR count). The number of carbonyl (C=O) groups excluding carboxylic acids is 1. The van der Waals surface area contributed by atoms with Crippen molar-refractivity contribution in [2.75, 3.05) is 7.05 Å². The molecule has 0 bridgehead atoms. The number of rotatable bonds is 6. The maximum atomic E-state index is 13.1. The molecule has 1 saturated carbocycles. The second-order valence-electron chi connectivity index (χ2n) is 6.79. The van der Waals surface area contributed by atoms with Crippen LogP contribution < -0.4 is 10.1 Å². The topological polar surface area (TPSA) is 38.3 Å². The largest absolute Gasteiger partial charge is 0.489 e. The predicted octanol–water partition coefficient (Wildman–Crippen LogP) is 5.59. The molecule has 1 aliphatic carbocycles. The van der Waals surface area contributed by atoms with Crippen molar-refractivity contribution in [2.24, 2.45) is 0 Å². The minimum absolute atomic E-state index is 0.0856. The van der Waals surface area contributed by atoms with Crippen LogP contribution >= 0.6 is 11.6 Å². The van der Waals surface area contributed by atoms with Gasteiger partial charge in [0, 0.05) is 12.6 Å². The Morgan fingerprint density at radius 1 is 1.11 bits per heavy atom. The highest BCUT2D eigenvalue weighted by Gasteiger charge is 2.24. The number of nitrogens with one attached hydrogen (secondary N) is 1. The van der Waals surface area contributed by atoms with E-state index < -0.39 is 0 Å². The van der Waals surface area contributed by atoms with Crippen LogP contribution in [0.4, 0.5) is 4.39 Å². The molecule has 0 saturated heterocycles. The van der Waals surface area contributed by atoms with Crippen LogP contribution in [0.5, 0.6) is 5.75 Å². The van der Waals surface area contributed by atoms with Crippen LogP contribution in [0.1, 0.15) is 53.1 Å². The fourth-order valence-electron chi connectivity index (χ4n) is 3.52. The van der Waals surface area contributed by atoms with Crippen LogP contribution in [0.25, 0.3) is 6.08 Å². The zero-order valence-corrected chi connectivity index (χ0v) is 16.0. The van der Waals surface area contributed by atoms with Crippen LogP contribution in [-0.2, 0) is 0 Å². The van der Waals surface area contributed by atoms with Crippen LogP contribution in [0.3, 0.4) is 0 Å². The summed E-state index contributed by atoms with van der Waals surface area (Å²) in [4.78, 5) is 11.3. The molecule has 5 heteroatoms. The summed E-state index contributed by atoms with van der Waals surface area (Å²) >= 11 is 6.31. The molecule has 1 aliphatic rings. The molecule has 27 heavy (non-hydrogen) atoms. The van der Waals surface area contributed by atoms with Gasteiger partial charge in [-0.3, -0.25) is 4.79 Å². The number of carbonyl (C=O) groups is 1. The van der Waals surface area contributed by atoms with Crippen molar-refractivity contribution in [3.05, 3.63) is 70.1 Å². The zero-order valence-electron chi connectivity index (χ0n) is 15.3. The lowest BCUT2D eigenvalue weighted by atomic mass is 9.83. The van der Waals surface area contributed by atoms with Gasteiger partial charge in [0.05, 0.1) is 11.1 Å². The molecule has 1 fully saturated rings. The summed E-state index contributed by atoms with van der Waals surface area (Å²) in [7, 11) is 1.80. The van der Waals surface area contributed by atoms with Gasteiger partial charge in [0.2, 0.25) is 0 Å². The van der Waals surface area contributed by atoms with Gasteiger partial charge in [0.15, 0.2) is 6.29 Å². The van der Waals surface area contributed by atoms with Gasteiger partial charge >= 0.3 is 0 Å². The van der Waals surface area contributed by atoms with E-state index in [-0.39, 0.29) is 11.9 Å². The Morgan fingerprint density at radius 2 is 1.81 bits per heavy atom. The molecule has 0 heterocycles. The normalized spacial score (nSPS) is 19.8. The lowest BCUT2D eigenvalue weighted by Gasteiger charge is -2.29. The van der Waals surface area contributed by atoms with E-state index in [4.69, 9.17) is 16.3 Å². The van der Waals surface area contributed by atoms with E-state index >= 15 is 0 Å². The van der Waals surface area contributed by atoms with Gasteiger partial charge in [-0.1, -0.05) is 23.7 Å². The third-order valence-corrected chi connectivity index (χ3v) is 5.30. The van der Waals surface area contributed by atoms with Gasteiger partial charge in [-0.25, -0.2) is 4.39 Å². The average molecular weight is 388 g/mol. The van der Waals surface area contributed by atoms with Crippen LogP contribution in [0.2, 0.25) is 5.02 Å². The van der Waals surface area contributed by atoms with Crippen molar-refractivity contribution in [2.45, 2.75) is 37.7 Å². The van der Waals surface area contributed by atoms with E-state index in [0.29, 0.717) is 22.3 Å². The van der Waals surface area contributed by atoms with E-state index in [2.05, 4.69) is 5.32 Å². The minimum Gasteiger partial charge on any atom is -0.489 e. The lowest BCUT2D eigenvalue weighted by Crippen LogP contribution is -2.23. The number of halogens is 2. The number of benzene rings is 2. The summed E-state index contributed by atoms with van der Waals surface area (Å²) in [5.74, 6) is 0.836. The summed E-state index contributed by atoms with van der Waals surface area (Å²) in [6, 6.07) is 10.2. The smallest absolute Gasteiger partial charge is 0.150 e. The van der Waals surface area contributed by atoms with E-state index in [1.54, 1.807) is 19.3 Å². The number of aldehydes is 1. The molecule has 0 aliphatic heterocycles. The molecule has 142 valence electrons. The van der Waals surface area contributed by atoms with Crippen molar-refractivity contribution in [3.8, 4) is 5.75 Å². The Morgan fingerprint density at radius 3 is 2.44 bits per heavy atom. The van der Waals surface area contributed by atoms with E-state index in [9.17, 15) is 9.18 Å². The molecule has 0 atom stereocenters. The maximum absolute atomic E-state index is 13.1. The summed E-state index contributed by atoms with van der Waals surface area (Å²) in [5, 5.41) is 3.36. The van der Waals surface area contributed by atoms with Gasteiger partial charge < -0.3 is 10.1 Å². The average Bonchev–Trinajstić information content (AvgIpc) is 2.69.